The molecule has 1 N–H and O–H groups in total. The van der Waals surface area contributed by atoms with Gasteiger partial charge in [-0.2, -0.15) is 0 Å². The largest absolute Gasteiger partial charge is 0.552 e. The number of aromatic carboxylic acids is 1. The van der Waals surface area contributed by atoms with Crippen molar-refractivity contribution in [1.82, 2.24) is 3.97 Å². The van der Waals surface area contributed by atoms with E-state index >= 15 is 0 Å². The van der Waals surface area contributed by atoms with E-state index in [1.54, 1.807) is 29.5 Å². The van der Waals surface area contributed by atoms with Gasteiger partial charge in [0.2, 0.25) is 0 Å². The van der Waals surface area contributed by atoms with E-state index in [1.807, 2.05) is 0 Å². The van der Waals surface area contributed by atoms with Crippen LogP contribution in [0, 0.1) is 9.39 Å². The minimum absolute atomic E-state index is 0.0288. The third-order valence-electron chi connectivity index (χ3n) is 2.61. The standard InChI is InChI=1S/C11H8FINO4PS/c1-2-18-19(17)10-7-6(4-3-5(13)8(7)12)14(20)9(10)11(15)16/h3-4,20H,2H2,1H3/p+1. The van der Waals surface area contributed by atoms with E-state index in [9.17, 15) is 18.9 Å². The lowest BCUT2D eigenvalue weighted by atomic mass is 10.2. The number of halogens is 2. The summed E-state index contributed by atoms with van der Waals surface area (Å²) in [6.07, 6.45) is 0. The Morgan fingerprint density at radius 3 is 2.80 bits per heavy atom. The molecule has 2 aromatic rings. The van der Waals surface area contributed by atoms with Crippen LogP contribution in [0.5, 0.6) is 0 Å². The molecule has 1 unspecified atom stereocenters. The molecule has 9 heteroatoms. The number of aromatic nitrogens is 1. The van der Waals surface area contributed by atoms with E-state index in [2.05, 4.69) is 12.8 Å². The first-order chi connectivity index (χ1) is 9.40. The van der Waals surface area contributed by atoms with Crippen molar-refractivity contribution in [2.75, 3.05) is 6.61 Å². The van der Waals surface area contributed by atoms with Crippen molar-refractivity contribution in [3.05, 3.63) is 27.2 Å². The Balaban J connectivity index is 2.93. The smallest absolute Gasteiger partial charge is 0.476 e. The summed E-state index contributed by atoms with van der Waals surface area (Å²) in [7, 11) is -2.48. The van der Waals surface area contributed by atoms with Gasteiger partial charge in [-0.1, -0.05) is 12.8 Å². The van der Waals surface area contributed by atoms with E-state index in [1.165, 1.54) is 12.1 Å². The Bertz CT molecular complexity index is 733. The molecule has 1 aromatic carbocycles. The van der Waals surface area contributed by atoms with Crippen LogP contribution in [0.1, 0.15) is 17.4 Å². The van der Waals surface area contributed by atoms with Gasteiger partial charge in [-0.05, 0) is 46.2 Å². The average molecular weight is 428 g/mol. The lowest BCUT2D eigenvalue weighted by molar-refractivity contribution is 0.0691. The van der Waals surface area contributed by atoms with Gasteiger partial charge in [0.05, 0.1) is 10.9 Å². The van der Waals surface area contributed by atoms with Crippen molar-refractivity contribution in [3.8, 4) is 0 Å². The van der Waals surface area contributed by atoms with Gasteiger partial charge in [0.15, 0.2) is 11.5 Å². The number of hydrogen-bond donors (Lipinski definition) is 2. The predicted molar refractivity (Wildman–Crippen MR) is 84.8 cm³/mol. The van der Waals surface area contributed by atoms with Crippen molar-refractivity contribution in [2.45, 2.75) is 6.92 Å². The number of hydrogen-bond acceptors (Lipinski definition) is 4. The Hall–Kier alpha value is -0.700. The van der Waals surface area contributed by atoms with Crippen LogP contribution in [0.25, 0.3) is 10.9 Å². The van der Waals surface area contributed by atoms with Crippen LogP contribution in [0.15, 0.2) is 12.1 Å². The molecule has 1 aromatic heterocycles. The van der Waals surface area contributed by atoms with Crippen LogP contribution < -0.4 is 5.30 Å². The van der Waals surface area contributed by atoms with E-state index in [-0.39, 0.29) is 28.5 Å². The van der Waals surface area contributed by atoms with Crippen LogP contribution in [0.3, 0.4) is 0 Å². The first-order valence-electron chi connectivity index (χ1n) is 5.45. The Morgan fingerprint density at radius 2 is 2.25 bits per heavy atom. The highest BCUT2D eigenvalue weighted by atomic mass is 127. The molecule has 0 saturated heterocycles. The second-order valence-electron chi connectivity index (χ2n) is 3.74. The molecule has 0 saturated carbocycles. The molecular weight excluding hydrogens is 419 g/mol. The molecule has 2 rings (SSSR count). The molecule has 0 fully saturated rings. The van der Waals surface area contributed by atoms with E-state index in [0.29, 0.717) is 3.57 Å². The number of thiol groups is 1. The summed E-state index contributed by atoms with van der Waals surface area (Å²) in [5.41, 5.74) is -0.111. The highest BCUT2D eigenvalue weighted by Gasteiger charge is 2.38. The highest BCUT2D eigenvalue weighted by molar-refractivity contribution is 14.1. The molecule has 106 valence electrons. The monoisotopic (exact) mass is 428 g/mol. The first-order valence-corrected chi connectivity index (χ1v) is 8.10. The molecule has 0 bridgehead atoms. The fourth-order valence-corrected chi connectivity index (χ4v) is 3.84. The van der Waals surface area contributed by atoms with Crippen LogP contribution in [0.4, 0.5) is 4.39 Å². The fourth-order valence-electron chi connectivity index (χ4n) is 1.83. The van der Waals surface area contributed by atoms with Crippen LogP contribution >= 0.6 is 43.4 Å². The maximum Gasteiger partial charge on any atom is 0.552 e. The van der Waals surface area contributed by atoms with Gasteiger partial charge in [-0.3, -0.25) is 3.97 Å². The predicted octanol–water partition coefficient (Wildman–Crippen LogP) is 3.18. The fraction of sp³-hybridized carbons (Fsp3) is 0.182. The molecule has 0 aliphatic carbocycles. The molecule has 0 radical (unpaired) electrons. The Labute approximate surface area is 133 Å². The zero-order chi connectivity index (χ0) is 15.0. The third kappa shape index (κ3) is 2.45. The van der Waals surface area contributed by atoms with Gasteiger partial charge in [0.1, 0.15) is 6.61 Å². The summed E-state index contributed by atoms with van der Waals surface area (Å²) in [5.74, 6) is -1.97. The summed E-state index contributed by atoms with van der Waals surface area (Å²) in [5, 5.41) is 9.05. The van der Waals surface area contributed by atoms with Gasteiger partial charge >= 0.3 is 14.0 Å². The first kappa shape index (κ1) is 15.7. The number of fused-ring (bicyclic) bond motifs is 1. The molecule has 0 amide bonds. The quantitative estimate of drug-likeness (QED) is 0.446. The number of benzene rings is 1. The van der Waals surface area contributed by atoms with E-state index < -0.39 is 19.8 Å². The van der Waals surface area contributed by atoms with Gasteiger partial charge in [-0.25, -0.2) is 9.18 Å². The molecule has 1 atom stereocenters. The third-order valence-corrected chi connectivity index (χ3v) is 5.15. The van der Waals surface area contributed by atoms with Crippen molar-refractivity contribution >= 4 is 65.6 Å². The van der Waals surface area contributed by atoms with Crippen molar-refractivity contribution in [3.63, 3.8) is 0 Å². The second-order valence-corrected chi connectivity index (χ2v) is 6.53. The van der Waals surface area contributed by atoms with Gasteiger partial charge in [-0.15, -0.1) is 4.52 Å². The zero-order valence-corrected chi connectivity index (χ0v) is 14.1. The minimum Gasteiger partial charge on any atom is -0.476 e. The molecule has 1 heterocycles. The summed E-state index contributed by atoms with van der Waals surface area (Å²) >= 11 is 5.83. The SMILES string of the molecule is CCO[P+](=O)c1c(C(=O)O)n(S)c2ccc(I)c(F)c12. The lowest BCUT2D eigenvalue weighted by Gasteiger charge is -1.97. The highest BCUT2D eigenvalue weighted by Crippen LogP contribution is 2.34. The van der Waals surface area contributed by atoms with E-state index in [0.717, 1.165) is 3.97 Å². The van der Waals surface area contributed by atoms with Gasteiger partial charge in [0, 0.05) is 3.57 Å². The lowest BCUT2D eigenvalue weighted by Crippen LogP contribution is -2.13. The van der Waals surface area contributed by atoms with Gasteiger partial charge < -0.3 is 5.11 Å². The maximum atomic E-state index is 14.3. The number of carboxylic acids is 1. The van der Waals surface area contributed by atoms with Crippen molar-refractivity contribution in [1.29, 1.82) is 0 Å². The number of carboxylic acid groups (broad SMARTS) is 1. The number of nitrogens with zero attached hydrogens (tertiary/aromatic N) is 1. The second kappa shape index (κ2) is 5.97. The maximum absolute atomic E-state index is 14.3. The molecular formula is C11H9FINO4PS+. The Morgan fingerprint density at radius 1 is 1.60 bits per heavy atom. The number of rotatable bonds is 4. The summed E-state index contributed by atoms with van der Waals surface area (Å²) in [4.78, 5) is 11.3. The van der Waals surface area contributed by atoms with Crippen LogP contribution in [0.2, 0.25) is 0 Å². The van der Waals surface area contributed by atoms with Crippen molar-refractivity contribution < 1.29 is 23.4 Å². The topological polar surface area (TPSA) is 68.5 Å². The molecule has 0 aliphatic heterocycles. The van der Waals surface area contributed by atoms with Crippen LogP contribution in [-0.4, -0.2) is 21.7 Å². The molecule has 5 nitrogen and oxygen atoms in total. The number of carbonyl (C=O) groups is 1. The molecule has 0 spiro atoms. The summed E-state index contributed by atoms with van der Waals surface area (Å²) in [6, 6.07) is 3.02. The molecule has 0 aliphatic rings. The van der Waals surface area contributed by atoms with Crippen LogP contribution in [-0.2, 0) is 9.09 Å². The van der Waals surface area contributed by atoms with E-state index in [4.69, 9.17) is 4.52 Å². The molecule has 20 heavy (non-hydrogen) atoms. The normalized spacial score (nSPS) is 11.9. The Kier molecular flexibility index (Phi) is 4.68. The zero-order valence-electron chi connectivity index (χ0n) is 10.1. The van der Waals surface area contributed by atoms with Gasteiger partial charge in [0.25, 0.3) is 5.30 Å². The minimum atomic E-state index is -2.48. The average Bonchev–Trinajstić information content (AvgIpc) is 2.68. The summed E-state index contributed by atoms with van der Waals surface area (Å²) in [6.45, 7) is 1.74. The summed E-state index contributed by atoms with van der Waals surface area (Å²) < 4.78 is 32.7. The van der Waals surface area contributed by atoms with Crippen molar-refractivity contribution in [2.24, 2.45) is 0 Å².